The Balaban J connectivity index is 0. The minimum Gasteiger partial charge on any atom is -0.491 e. The molecule has 0 heterocycles. The molecule has 0 unspecified atom stereocenters. The summed E-state index contributed by atoms with van der Waals surface area (Å²) >= 11 is 0. The summed E-state index contributed by atoms with van der Waals surface area (Å²) in [5.74, 6) is -2.36. The molecule has 0 spiro atoms. The zero-order valence-corrected chi connectivity index (χ0v) is 29.6. The molecule has 2 aromatic rings. The van der Waals surface area contributed by atoms with E-state index >= 15 is 0 Å². The Morgan fingerprint density at radius 1 is 0.642 bits per heavy atom. The fraction of sp³-hybridized carbons (Fsp3) is 0.256. The van der Waals surface area contributed by atoms with Crippen molar-refractivity contribution >= 4 is 42.0 Å². The smallest absolute Gasteiger partial charge is 0.340 e. The lowest BCUT2D eigenvalue weighted by molar-refractivity contribution is -0.154. The van der Waals surface area contributed by atoms with Gasteiger partial charge in [0.25, 0.3) is 11.4 Å². The number of methoxy groups -OCH3 is 2. The highest BCUT2D eigenvalue weighted by Crippen LogP contribution is 2.23. The van der Waals surface area contributed by atoms with Crippen LogP contribution in [0.5, 0.6) is 11.5 Å². The molecular formula is C39H44N2O12. The Kier molecular flexibility index (Phi) is 24.6. The molecule has 0 saturated carbocycles. The second kappa shape index (κ2) is 27.0. The van der Waals surface area contributed by atoms with Gasteiger partial charge >= 0.3 is 29.8 Å². The van der Waals surface area contributed by atoms with Crippen LogP contribution in [0.1, 0.15) is 39.3 Å². The van der Waals surface area contributed by atoms with Crippen LogP contribution in [0.15, 0.2) is 96.4 Å². The summed E-state index contributed by atoms with van der Waals surface area (Å²) in [7, 11) is 2.43. The zero-order valence-electron chi connectivity index (χ0n) is 29.6. The molecule has 0 aromatic heterocycles. The number of esters is 5. The third-order valence-electron chi connectivity index (χ3n) is 5.61. The maximum absolute atomic E-state index is 11.4. The lowest BCUT2D eigenvalue weighted by Gasteiger charge is -2.10. The Morgan fingerprint density at radius 3 is 1.36 bits per heavy atom. The molecule has 2 rings (SSSR count). The number of carbonyl (C=O) groups excluding carboxylic acids is 5. The van der Waals surface area contributed by atoms with Gasteiger partial charge in [0.1, 0.15) is 31.3 Å². The molecule has 0 fully saturated rings. The second-order valence-corrected chi connectivity index (χ2v) is 9.92. The van der Waals surface area contributed by atoms with Crippen molar-refractivity contribution in [2.45, 2.75) is 28.2 Å². The summed E-state index contributed by atoms with van der Waals surface area (Å²) in [5.41, 5.74) is 1.56. The lowest BCUT2D eigenvalue weighted by atomic mass is 10.1. The maximum Gasteiger partial charge on any atom is 0.340 e. The predicted molar refractivity (Wildman–Crippen MR) is 197 cm³/mol. The average molecular weight is 733 g/mol. The molecule has 0 radical (unpaired) electrons. The molecular weight excluding hydrogens is 688 g/mol. The van der Waals surface area contributed by atoms with E-state index in [4.69, 9.17) is 32.5 Å². The van der Waals surface area contributed by atoms with Gasteiger partial charge in [0.05, 0.1) is 34.0 Å². The molecule has 53 heavy (non-hydrogen) atoms. The van der Waals surface area contributed by atoms with Crippen molar-refractivity contribution in [1.82, 2.24) is 0 Å². The molecule has 0 aliphatic heterocycles. The maximum atomic E-state index is 11.4. The van der Waals surface area contributed by atoms with Crippen molar-refractivity contribution in [3.8, 4) is 11.5 Å². The number of benzene rings is 2. The minimum absolute atomic E-state index is 0. The van der Waals surface area contributed by atoms with Crippen molar-refractivity contribution in [3.63, 3.8) is 0 Å². The van der Waals surface area contributed by atoms with Crippen molar-refractivity contribution < 1.29 is 57.5 Å². The quantitative estimate of drug-likeness (QED) is 0.0606. The molecule has 0 aliphatic carbocycles. The Labute approximate surface area is 309 Å². The largest absolute Gasteiger partial charge is 0.491 e. The number of rotatable bonds is 14. The van der Waals surface area contributed by atoms with E-state index in [1.165, 1.54) is 40.2 Å². The van der Waals surface area contributed by atoms with Crippen molar-refractivity contribution in [1.29, 1.82) is 0 Å². The molecule has 2 aromatic carbocycles. The molecule has 14 nitrogen and oxygen atoms in total. The van der Waals surface area contributed by atoms with E-state index in [1.807, 2.05) is 0 Å². The minimum atomic E-state index is -0.717. The fourth-order valence-corrected chi connectivity index (χ4v) is 3.06. The Hall–Kier alpha value is -6.77. The van der Waals surface area contributed by atoms with Crippen LogP contribution in [0, 0.1) is 13.1 Å². The topological polar surface area (TPSA) is 170 Å². The summed E-state index contributed by atoms with van der Waals surface area (Å²) in [4.78, 5) is 61.6. The first kappa shape index (κ1) is 48.3. The lowest BCUT2D eigenvalue weighted by Crippen LogP contribution is -2.12. The zero-order chi connectivity index (χ0) is 39.6. The summed E-state index contributed by atoms with van der Waals surface area (Å²) < 4.78 is 29.1. The van der Waals surface area contributed by atoms with Crippen LogP contribution in [0.4, 0.5) is 0 Å². The highest BCUT2D eigenvalue weighted by atomic mass is 16.6. The second-order valence-electron chi connectivity index (χ2n) is 9.92. The molecule has 14 heteroatoms. The van der Waals surface area contributed by atoms with E-state index in [1.54, 1.807) is 55.5 Å². The molecule has 0 amide bonds. The van der Waals surface area contributed by atoms with Crippen LogP contribution < -0.4 is 9.47 Å². The number of para-hydroxylation sites is 2. The molecule has 0 saturated heterocycles. The van der Waals surface area contributed by atoms with Crippen LogP contribution in [-0.2, 0) is 42.9 Å². The van der Waals surface area contributed by atoms with Crippen LogP contribution in [0.2, 0.25) is 0 Å². The van der Waals surface area contributed by atoms with Gasteiger partial charge in [-0.05, 0) is 45.1 Å². The number of carbonyl (C=O) groups is 5. The third-order valence-corrected chi connectivity index (χ3v) is 5.61. The standard InChI is InChI=1S/C17H17NO5.C13H13NO4.C8H10O3.CH4/c1-12(2)16(19)23-10-9-22-15-8-6-5-7-13(15)11-14(18-3)17(20)21-4;1-14-11(13(16)17-2)9-10-5-3-4-6-12(10)18-8-7-15;1-5(2)7(9)11-8(10)6(3)4;/h5-8,11H,1,9-10H2,2,4H3;3-6,9,15H,7-8H2,2H3;1,3H2,2,4H3;1H4/b14-11-;11-9-;;. The normalized spacial score (nSPS) is 9.89. The molecule has 282 valence electrons. The van der Waals surface area contributed by atoms with Gasteiger partial charge in [-0.25, -0.2) is 24.1 Å². The van der Waals surface area contributed by atoms with Crippen LogP contribution in [0.3, 0.4) is 0 Å². The van der Waals surface area contributed by atoms with Crippen molar-refractivity contribution in [2.24, 2.45) is 0 Å². The summed E-state index contributed by atoms with van der Waals surface area (Å²) in [6.45, 7) is 28.8. The third kappa shape index (κ3) is 19.3. The Bertz CT molecular complexity index is 1750. The summed E-state index contributed by atoms with van der Waals surface area (Å²) in [6.07, 6.45) is 2.78. The predicted octanol–water partition coefficient (Wildman–Crippen LogP) is 5.95. The van der Waals surface area contributed by atoms with E-state index < -0.39 is 29.8 Å². The van der Waals surface area contributed by atoms with Gasteiger partial charge in [0, 0.05) is 27.8 Å². The average Bonchev–Trinajstić information content (AvgIpc) is 3.14. The highest BCUT2D eigenvalue weighted by molar-refractivity contribution is 6.00. The van der Waals surface area contributed by atoms with E-state index in [2.05, 4.69) is 43.6 Å². The van der Waals surface area contributed by atoms with Gasteiger partial charge in [-0.3, -0.25) is 9.59 Å². The molecule has 0 bridgehead atoms. The molecule has 0 atom stereocenters. The number of hydrogen-bond donors (Lipinski definition) is 1. The monoisotopic (exact) mass is 732 g/mol. The van der Waals surface area contributed by atoms with Gasteiger partial charge in [-0.1, -0.05) is 63.6 Å². The SMILES string of the molecule is C.C=C(C)C(=O)OC(=O)C(=C)C.[C-]#[N+]/C(=C\c1ccccc1OCCO)C(=O)OC.[C-]#[N+]/C(=C\c1ccccc1OCCOC(=O)C(=C)C)C(=O)OC. The van der Waals surface area contributed by atoms with Gasteiger partial charge in [-0.15, -0.1) is 0 Å². The first-order valence-electron chi connectivity index (χ1n) is 15.0. The number of ether oxygens (including phenoxy) is 6. The van der Waals surface area contributed by atoms with Gasteiger partial charge in [0.15, 0.2) is 0 Å². The van der Waals surface area contributed by atoms with Crippen molar-refractivity contribution in [2.75, 3.05) is 40.6 Å². The van der Waals surface area contributed by atoms with Crippen LogP contribution >= 0.6 is 0 Å². The van der Waals surface area contributed by atoms with E-state index in [0.717, 1.165) is 0 Å². The van der Waals surface area contributed by atoms with E-state index in [0.29, 0.717) is 28.2 Å². The Morgan fingerprint density at radius 2 is 1.02 bits per heavy atom. The number of hydrogen-bond acceptors (Lipinski definition) is 12. The van der Waals surface area contributed by atoms with Crippen LogP contribution in [-0.4, -0.2) is 75.6 Å². The van der Waals surface area contributed by atoms with E-state index in [9.17, 15) is 24.0 Å². The van der Waals surface area contributed by atoms with Gasteiger partial charge < -0.3 is 33.5 Å². The number of nitrogens with zero attached hydrogens (tertiary/aromatic N) is 2. The fourth-order valence-electron chi connectivity index (χ4n) is 3.06. The van der Waals surface area contributed by atoms with Gasteiger partial charge in [-0.2, -0.15) is 0 Å². The van der Waals surface area contributed by atoms with Gasteiger partial charge in [0.2, 0.25) is 0 Å². The summed E-state index contributed by atoms with van der Waals surface area (Å²) in [6, 6.07) is 13.8. The first-order chi connectivity index (χ1) is 24.7. The number of aliphatic hydroxyl groups excluding tert-OH is 1. The van der Waals surface area contributed by atoms with Crippen LogP contribution in [0.25, 0.3) is 21.8 Å². The number of aliphatic hydroxyl groups is 1. The van der Waals surface area contributed by atoms with E-state index in [-0.39, 0.29) is 56.4 Å². The molecule has 1 N–H and O–H groups in total. The van der Waals surface area contributed by atoms with Crippen molar-refractivity contribution in [3.05, 3.63) is 130 Å². The highest BCUT2D eigenvalue weighted by Gasteiger charge is 2.13. The molecule has 0 aliphatic rings. The first-order valence-corrected chi connectivity index (χ1v) is 15.0. The summed E-state index contributed by atoms with van der Waals surface area (Å²) in [5, 5.41) is 8.71.